The molecular formula is C15H17F2NO4S. The molecule has 1 spiro atoms. The Morgan fingerprint density at radius 2 is 2.00 bits per heavy atom. The maximum atomic E-state index is 12.6. The number of sulfone groups is 1. The molecule has 0 aromatic heterocycles. The predicted octanol–water partition coefficient (Wildman–Crippen LogP) is 2.44. The molecule has 1 aliphatic carbocycles. The van der Waals surface area contributed by atoms with Crippen molar-refractivity contribution in [2.24, 2.45) is 11.3 Å². The van der Waals surface area contributed by atoms with Crippen molar-refractivity contribution in [1.82, 2.24) is 0 Å². The smallest absolute Gasteiger partial charge is 0.341 e. The first-order chi connectivity index (χ1) is 10.8. The third kappa shape index (κ3) is 3.10. The lowest BCUT2D eigenvalue weighted by Crippen LogP contribution is -2.24. The first-order valence-corrected chi connectivity index (χ1v) is 8.91. The summed E-state index contributed by atoms with van der Waals surface area (Å²) < 4.78 is 53.4. The number of hydrogen-bond donors (Lipinski definition) is 1. The van der Waals surface area contributed by atoms with Gasteiger partial charge in [0.05, 0.1) is 4.90 Å². The lowest BCUT2D eigenvalue weighted by atomic mass is 9.93. The van der Waals surface area contributed by atoms with Crippen molar-refractivity contribution in [2.75, 3.05) is 18.5 Å². The van der Waals surface area contributed by atoms with Crippen LogP contribution in [0.3, 0.4) is 0 Å². The standard InChI is InChI=1S/C15H17F2NO4S/c16-14(17)23(20,21)11-3-1-2-10(8-11)18-13(19)12-9-15(12)4-6-22-7-5-15/h1-3,8,12,14H,4-7,9H2,(H,18,19)/t12-/m0/s1. The second kappa shape index (κ2) is 5.83. The number of carbonyl (C=O) groups excluding carboxylic acids is 1. The van der Waals surface area contributed by atoms with E-state index in [-0.39, 0.29) is 22.9 Å². The number of hydrogen-bond acceptors (Lipinski definition) is 4. The Bertz CT molecular complexity index is 714. The molecule has 1 N–H and O–H groups in total. The Balaban J connectivity index is 1.71. The molecule has 8 heteroatoms. The molecule has 0 radical (unpaired) electrons. The van der Waals surface area contributed by atoms with Gasteiger partial charge in [0.15, 0.2) is 0 Å². The molecule has 0 unspecified atom stereocenters. The molecule has 2 fully saturated rings. The molecule has 5 nitrogen and oxygen atoms in total. The topological polar surface area (TPSA) is 72.5 Å². The van der Waals surface area contributed by atoms with Gasteiger partial charge in [0.25, 0.3) is 0 Å². The second-order valence-electron chi connectivity index (χ2n) is 6.05. The fraction of sp³-hybridized carbons (Fsp3) is 0.533. The fourth-order valence-corrected chi connectivity index (χ4v) is 3.90. The third-order valence-corrected chi connectivity index (χ3v) is 6.04. The average molecular weight is 345 g/mol. The van der Waals surface area contributed by atoms with Crippen molar-refractivity contribution in [2.45, 2.75) is 29.9 Å². The highest BCUT2D eigenvalue weighted by Crippen LogP contribution is 2.59. The summed E-state index contributed by atoms with van der Waals surface area (Å²) in [6, 6.07) is 4.98. The monoisotopic (exact) mass is 345 g/mol. The lowest BCUT2D eigenvalue weighted by molar-refractivity contribution is -0.118. The van der Waals surface area contributed by atoms with E-state index in [4.69, 9.17) is 4.74 Å². The quantitative estimate of drug-likeness (QED) is 0.910. The highest BCUT2D eigenvalue weighted by Gasteiger charge is 2.57. The van der Waals surface area contributed by atoms with Gasteiger partial charge in [-0.2, -0.15) is 8.78 Å². The van der Waals surface area contributed by atoms with Gasteiger partial charge in [-0.25, -0.2) is 8.42 Å². The number of nitrogens with one attached hydrogen (secondary N) is 1. The maximum Gasteiger partial charge on any atom is 0.341 e. The predicted molar refractivity (Wildman–Crippen MR) is 78.9 cm³/mol. The van der Waals surface area contributed by atoms with Crippen LogP contribution in [0.15, 0.2) is 29.2 Å². The van der Waals surface area contributed by atoms with Crippen LogP contribution in [0.5, 0.6) is 0 Å². The van der Waals surface area contributed by atoms with Crippen molar-refractivity contribution in [3.05, 3.63) is 24.3 Å². The maximum absolute atomic E-state index is 12.6. The molecule has 1 amide bonds. The molecule has 1 atom stereocenters. The zero-order valence-electron chi connectivity index (χ0n) is 12.3. The summed E-state index contributed by atoms with van der Waals surface area (Å²) in [5.74, 6) is -3.80. The van der Waals surface area contributed by atoms with E-state index in [1.54, 1.807) is 0 Å². The van der Waals surface area contributed by atoms with Crippen LogP contribution in [0.4, 0.5) is 14.5 Å². The minimum atomic E-state index is -4.67. The van der Waals surface area contributed by atoms with Crippen LogP contribution in [-0.2, 0) is 19.4 Å². The van der Waals surface area contributed by atoms with E-state index in [2.05, 4.69) is 5.32 Å². The van der Waals surface area contributed by atoms with E-state index >= 15 is 0 Å². The highest BCUT2D eigenvalue weighted by atomic mass is 32.2. The number of anilines is 1. The molecule has 1 aromatic rings. The summed E-state index contributed by atoms with van der Waals surface area (Å²) in [4.78, 5) is 11.8. The number of alkyl halides is 2. The van der Waals surface area contributed by atoms with Crippen molar-refractivity contribution in [3.63, 3.8) is 0 Å². The van der Waals surface area contributed by atoms with E-state index in [1.165, 1.54) is 12.1 Å². The second-order valence-corrected chi connectivity index (χ2v) is 7.97. The lowest BCUT2D eigenvalue weighted by Gasteiger charge is -2.22. The summed E-state index contributed by atoms with van der Waals surface area (Å²) in [5, 5.41) is 2.64. The van der Waals surface area contributed by atoms with Crippen LogP contribution >= 0.6 is 0 Å². The molecule has 2 aliphatic rings. The van der Waals surface area contributed by atoms with Crippen molar-refractivity contribution in [3.8, 4) is 0 Å². The first-order valence-electron chi connectivity index (χ1n) is 7.36. The molecule has 126 valence electrons. The zero-order chi connectivity index (χ0) is 16.7. The van der Waals surface area contributed by atoms with Crippen LogP contribution < -0.4 is 5.32 Å². The van der Waals surface area contributed by atoms with Gasteiger partial charge in [-0.05, 0) is 42.9 Å². The van der Waals surface area contributed by atoms with Crippen LogP contribution in [0, 0.1) is 11.3 Å². The molecule has 1 saturated carbocycles. The van der Waals surface area contributed by atoms with E-state index in [0.29, 0.717) is 13.2 Å². The first kappa shape index (κ1) is 16.3. The zero-order valence-corrected chi connectivity index (χ0v) is 13.1. The van der Waals surface area contributed by atoms with Crippen LogP contribution in [-0.4, -0.2) is 33.3 Å². The van der Waals surface area contributed by atoms with E-state index in [0.717, 1.165) is 31.4 Å². The molecule has 3 rings (SSSR count). The van der Waals surface area contributed by atoms with Crippen molar-refractivity contribution in [1.29, 1.82) is 0 Å². The van der Waals surface area contributed by atoms with Gasteiger partial charge < -0.3 is 10.1 Å². The summed E-state index contributed by atoms with van der Waals surface area (Å²) in [6.07, 6.45) is 2.47. The van der Waals surface area contributed by atoms with E-state index in [1.807, 2.05) is 0 Å². The van der Waals surface area contributed by atoms with Gasteiger partial charge in [-0.1, -0.05) is 6.07 Å². The minimum absolute atomic E-state index is 0.00497. The molecule has 1 aliphatic heterocycles. The summed E-state index contributed by atoms with van der Waals surface area (Å²) in [7, 11) is -4.67. The van der Waals surface area contributed by atoms with Crippen LogP contribution in [0.25, 0.3) is 0 Å². The van der Waals surface area contributed by atoms with Gasteiger partial charge in [0, 0.05) is 24.8 Å². The Morgan fingerprint density at radius 1 is 1.30 bits per heavy atom. The Hall–Kier alpha value is -1.54. The van der Waals surface area contributed by atoms with Gasteiger partial charge in [0.1, 0.15) is 0 Å². The third-order valence-electron chi connectivity index (χ3n) is 4.66. The van der Waals surface area contributed by atoms with Crippen molar-refractivity contribution >= 4 is 21.4 Å². The minimum Gasteiger partial charge on any atom is -0.381 e. The van der Waals surface area contributed by atoms with Gasteiger partial charge in [0.2, 0.25) is 15.7 Å². The molecule has 1 heterocycles. The number of benzene rings is 1. The highest BCUT2D eigenvalue weighted by molar-refractivity contribution is 7.91. The Labute approximate surface area is 132 Å². The van der Waals surface area contributed by atoms with E-state index < -0.39 is 20.5 Å². The van der Waals surface area contributed by atoms with Gasteiger partial charge >= 0.3 is 5.76 Å². The number of amides is 1. The summed E-state index contributed by atoms with van der Waals surface area (Å²) in [6.45, 7) is 1.29. The average Bonchev–Trinajstić information content (AvgIpc) is 3.21. The molecule has 1 aromatic carbocycles. The molecule has 1 saturated heterocycles. The SMILES string of the molecule is O=C(Nc1cccc(S(=O)(=O)C(F)F)c1)[C@@H]1CC12CCOCC2. The number of rotatable bonds is 4. The van der Waals surface area contributed by atoms with Gasteiger partial charge in [-0.15, -0.1) is 0 Å². The molecule has 23 heavy (non-hydrogen) atoms. The van der Waals surface area contributed by atoms with Gasteiger partial charge in [-0.3, -0.25) is 4.79 Å². The van der Waals surface area contributed by atoms with E-state index in [9.17, 15) is 22.0 Å². The number of halogens is 2. The van der Waals surface area contributed by atoms with Crippen LogP contribution in [0.2, 0.25) is 0 Å². The molecule has 0 bridgehead atoms. The molecular weight excluding hydrogens is 328 g/mol. The summed E-state index contributed by atoms with van der Waals surface area (Å²) in [5.41, 5.74) is 0.209. The summed E-state index contributed by atoms with van der Waals surface area (Å²) >= 11 is 0. The van der Waals surface area contributed by atoms with Crippen LogP contribution in [0.1, 0.15) is 19.3 Å². The fourth-order valence-electron chi connectivity index (χ4n) is 3.13. The largest absolute Gasteiger partial charge is 0.381 e. The van der Waals surface area contributed by atoms with Crippen molar-refractivity contribution < 1.29 is 26.7 Å². The Kier molecular flexibility index (Phi) is 4.14. The number of ether oxygens (including phenoxy) is 1. The normalized spacial score (nSPS) is 23.0. The number of carbonyl (C=O) groups is 1. The Morgan fingerprint density at radius 3 is 2.65 bits per heavy atom.